The van der Waals surface area contributed by atoms with Gasteiger partial charge in [-0.15, -0.1) is 0 Å². The van der Waals surface area contributed by atoms with Gasteiger partial charge in [0.15, 0.2) is 11.6 Å². The Bertz CT molecular complexity index is 1740. The van der Waals surface area contributed by atoms with E-state index in [0.29, 0.717) is 58.6 Å². The van der Waals surface area contributed by atoms with Gasteiger partial charge in [0, 0.05) is 66.2 Å². The SMILES string of the molecule is COc1nc(-c2ccnc(-c3cccc(Nc4nccc([C@@H](N)CC(=O)O)c4F)c3Cl)c2Cl)ccc1CNC[C@@H]1CCC(=O)N1. The van der Waals surface area contributed by atoms with Gasteiger partial charge in [0.25, 0.3) is 0 Å². The Kier molecular flexibility index (Phi) is 10.1. The van der Waals surface area contributed by atoms with Crippen LogP contribution < -0.4 is 26.4 Å². The molecule has 0 radical (unpaired) electrons. The van der Waals surface area contributed by atoms with Crippen molar-refractivity contribution in [3.63, 3.8) is 0 Å². The minimum absolute atomic E-state index is 0.00614. The maximum atomic E-state index is 15.3. The lowest BCUT2D eigenvalue weighted by Gasteiger charge is -2.16. The van der Waals surface area contributed by atoms with E-state index in [-0.39, 0.29) is 28.4 Å². The largest absolute Gasteiger partial charge is 0.481 e. The van der Waals surface area contributed by atoms with E-state index in [1.54, 1.807) is 30.5 Å². The molecule has 14 heteroatoms. The average Bonchev–Trinajstić information content (AvgIpc) is 3.44. The van der Waals surface area contributed by atoms with E-state index in [9.17, 15) is 9.59 Å². The van der Waals surface area contributed by atoms with Crippen LogP contribution in [-0.4, -0.2) is 51.6 Å². The number of anilines is 2. The molecule has 0 spiro atoms. The second kappa shape index (κ2) is 14.2. The van der Waals surface area contributed by atoms with E-state index in [1.165, 1.54) is 19.4 Å². The number of nitrogens with two attached hydrogens (primary N) is 1. The first-order valence-corrected chi connectivity index (χ1v) is 14.8. The third kappa shape index (κ3) is 7.31. The normalized spacial score (nSPS) is 15.0. The highest BCUT2D eigenvalue weighted by Crippen LogP contribution is 2.41. The summed E-state index contributed by atoms with van der Waals surface area (Å²) >= 11 is 13.7. The van der Waals surface area contributed by atoms with Crippen LogP contribution in [-0.2, 0) is 16.1 Å². The molecule has 1 fully saturated rings. The van der Waals surface area contributed by atoms with Gasteiger partial charge in [-0.05, 0) is 30.7 Å². The lowest BCUT2D eigenvalue weighted by atomic mass is 10.0. The van der Waals surface area contributed by atoms with Crippen molar-refractivity contribution >= 4 is 46.6 Å². The lowest BCUT2D eigenvalue weighted by molar-refractivity contribution is -0.137. The van der Waals surface area contributed by atoms with Crippen LogP contribution in [0.3, 0.4) is 0 Å². The number of carbonyl (C=O) groups excluding carboxylic acids is 1. The van der Waals surface area contributed by atoms with Gasteiger partial charge in [-0.3, -0.25) is 14.6 Å². The van der Waals surface area contributed by atoms with Crippen LogP contribution in [0.1, 0.15) is 36.4 Å². The molecule has 1 saturated heterocycles. The van der Waals surface area contributed by atoms with Crippen molar-refractivity contribution in [1.82, 2.24) is 25.6 Å². The summed E-state index contributed by atoms with van der Waals surface area (Å²) in [4.78, 5) is 35.7. The molecule has 6 N–H and O–H groups in total. The van der Waals surface area contributed by atoms with Crippen LogP contribution in [0.4, 0.5) is 15.9 Å². The van der Waals surface area contributed by atoms with Gasteiger partial charge in [-0.25, -0.2) is 14.4 Å². The summed E-state index contributed by atoms with van der Waals surface area (Å²) in [5.74, 6) is -1.61. The third-order valence-corrected chi connectivity index (χ3v) is 8.10. The molecule has 4 aromatic rings. The maximum absolute atomic E-state index is 15.3. The Hall–Kier alpha value is -4.36. The predicted molar refractivity (Wildman–Crippen MR) is 169 cm³/mol. The minimum Gasteiger partial charge on any atom is -0.481 e. The molecule has 45 heavy (non-hydrogen) atoms. The van der Waals surface area contributed by atoms with Crippen LogP contribution in [0, 0.1) is 5.82 Å². The predicted octanol–water partition coefficient (Wildman–Crippen LogP) is 5.25. The van der Waals surface area contributed by atoms with Crippen molar-refractivity contribution < 1.29 is 23.8 Å². The zero-order valence-electron chi connectivity index (χ0n) is 24.1. The summed E-state index contributed by atoms with van der Waals surface area (Å²) in [6.45, 7) is 1.13. The van der Waals surface area contributed by atoms with Gasteiger partial charge >= 0.3 is 5.97 Å². The zero-order chi connectivity index (χ0) is 32.1. The molecule has 2 atom stereocenters. The number of halogens is 3. The van der Waals surface area contributed by atoms with Gasteiger partial charge in [0.1, 0.15) is 0 Å². The molecule has 3 aromatic heterocycles. The number of carbonyl (C=O) groups is 2. The first-order valence-electron chi connectivity index (χ1n) is 14.0. The smallest absolute Gasteiger partial charge is 0.305 e. The highest BCUT2D eigenvalue weighted by atomic mass is 35.5. The number of hydrogen-bond acceptors (Lipinski definition) is 9. The standard InChI is InChI=1S/C31H30Cl2FN7O4/c1-45-31-16(14-36-15-17-6-8-24(42)39-17)5-7-22(41-31)19-10-11-37-29(27(19)33)20-3-2-4-23(26(20)32)40-30-28(34)18(9-12-38-30)21(35)13-25(43)44/h2-5,7,9-12,17,21,36H,6,8,13-15,35H2,1H3,(H,38,40)(H,39,42)(H,43,44)/t17-,21-/m0/s1. The molecule has 11 nitrogen and oxygen atoms in total. The summed E-state index contributed by atoms with van der Waals surface area (Å²) < 4.78 is 20.8. The molecule has 0 aliphatic carbocycles. The molecule has 1 aliphatic rings. The number of methoxy groups -OCH3 is 1. The first kappa shape index (κ1) is 32.0. The van der Waals surface area contributed by atoms with Gasteiger partial charge in [0.05, 0.1) is 40.7 Å². The Labute approximate surface area is 268 Å². The monoisotopic (exact) mass is 653 g/mol. The second-order valence-corrected chi connectivity index (χ2v) is 11.1. The molecule has 4 heterocycles. The number of nitrogens with one attached hydrogen (secondary N) is 3. The average molecular weight is 655 g/mol. The zero-order valence-corrected chi connectivity index (χ0v) is 25.6. The highest BCUT2D eigenvalue weighted by Gasteiger charge is 2.22. The Morgan fingerprint density at radius 1 is 1.16 bits per heavy atom. The van der Waals surface area contributed by atoms with Crippen LogP contribution >= 0.6 is 23.2 Å². The lowest BCUT2D eigenvalue weighted by Crippen LogP contribution is -2.35. The fraction of sp³-hybridized carbons (Fsp3) is 0.258. The highest BCUT2D eigenvalue weighted by molar-refractivity contribution is 6.39. The molecule has 1 aliphatic heterocycles. The molecule has 0 unspecified atom stereocenters. The molecular formula is C31H30Cl2FN7O4. The molecule has 5 rings (SSSR count). The molecule has 1 aromatic carbocycles. The Balaban J connectivity index is 1.38. The molecule has 234 valence electrons. The summed E-state index contributed by atoms with van der Waals surface area (Å²) in [7, 11) is 1.54. The van der Waals surface area contributed by atoms with Gasteiger partial charge in [-0.1, -0.05) is 41.4 Å². The van der Waals surface area contributed by atoms with Crippen molar-refractivity contribution in [3.05, 3.63) is 81.8 Å². The number of carboxylic acid groups (broad SMARTS) is 1. The fourth-order valence-electron chi connectivity index (χ4n) is 5.04. The first-order chi connectivity index (χ1) is 21.7. The van der Waals surface area contributed by atoms with Crippen LogP contribution in [0.25, 0.3) is 22.5 Å². The fourth-order valence-corrected chi connectivity index (χ4v) is 5.61. The Morgan fingerprint density at radius 3 is 2.69 bits per heavy atom. The summed E-state index contributed by atoms with van der Waals surface area (Å²) in [6.07, 6.45) is 3.82. The van der Waals surface area contributed by atoms with Crippen molar-refractivity contribution in [1.29, 1.82) is 0 Å². The quantitative estimate of drug-likeness (QED) is 0.136. The molecule has 0 bridgehead atoms. The number of hydrogen-bond donors (Lipinski definition) is 5. The summed E-state index contributed by atoms with van der Waals surface area (Å²) in [6, 6.07) is 10.9. The van der Waals surface area contributed by atoms with Gasteiger partial charge in [-0.2, -0.15) is 0 Å². The summed E-state index contributed by atoms with van der Waals surface area (Å²) in [5, 5.41) is 18.7. The topological polar surface area (TPSA) is 164 Å². The number of benzene rings is 1. The van der Waals surface area contributed by atoms with Gasteiger partial charge in [0.2, 0.25) is 11.8 Å². The van der Waals surface area contributed by atoms with E-state index < -0.39 is 24.2 Å². The number of pyridine rings is 3. The van der Waals surface area contributed by atoms with Crippen molar-refractivity contribution in [2.45, 2.75) is 37.9 Å². The number of carboxylic acids is 1. The molecule has 1 amide bonds. The second-order valence-electron chi connectivity index (χ2n) is 10.4. The van der Waals surface area contributed by atoms with E-state index in [0.717, 1.165) is 12.0 Å². The Morgan fingerprint density at radius 2 is 1.96 bits per heavy atom. The van der Waals surface area contributed by atoms with E-state index in [4.69, 9.17) is 38.8 Å². The van der Waals surface area contributed by atoms with Crippen LogP contribution in [0.2, 0.25) is 10.0 Å². The number of amides is 1. The van der Waals surface area contributed by atoms with Crippen LogP contribution in [0.15, 0.2) is 54.9 Å². The number of aliphatic carboxylic acids is 1. The third-order valence-electron chi connectivity index (χ3n) is 7.31. The molecule has 0 saturated carbocycles. The van der Waals surface area contributed by atoms with Crippen molar-refractivity contribution in [2.75, 3.05) is 19.0 Å². The van der Waals surface area contributed by atoms with E-state index >= 15 is 4.39 Å². The minimum atomic E-state index is -1.15. The van der Waals surface area contributed by atoms with E-state index in [1.807, 2.05) is 12.1 Å². The number of aromatic nitrogens is 3. The van der Waals surface area contributed by atoms with Gasteiger partial charge < -0.3 is 31.5 Å². The maximum Gasteiger partial charge on any atom is 0.305 e. The van der Waals surface area contributed by atoms with E-state index in [2.05, 4.69) is 30.9 Å². The number of ether oxygens (including phenoxy) is 1. The molecular weight excluding hydrogens is 624 g/mol. The van der Waals surface area contributed by atoms with Crippen molar-refractivity contribution in [2.24, 2.45) is 5.73 Å². The summed E-state index contributed by atoms with van der Waals surface area (Å²) in [5.41, 5.74) is 9.05. The van der Waals surface area contributed by atoms with Crippen molar-refractivity contribution in [3.8, 4) is 28.4 Å². The van der Waals surface area contributed by atoms with Crippen LogP contribution in [0.5, 0.6) is 5.88 Å². The number of nitrogens with zero attached hydrogens (tertiary/aromatic N) is 3. The number of rotatable bonds is 12.